The van der Waals surface area contributed by atoms with E-state index in [4.69, 9.17) is 0 Å². The average molecular weight is 349 g/mol. The van der Waals surface area contributed by atoms with E-state index in [1.807, 2.05) is 24.3 Å². The van der Waals surface area contributed by atoms with E-state index in [0.29, 0.717) is 13.1 Å². The number of halogens is 2. The molecule has 1 amide bonds. The zero-order valence-electron chi connectivity index (χ0n) is 11.2. The summed E-state index contributed by atoms with van der Waals surface area (Å²) in [6.45, 7) is 0.894. The molecule has 1 aliphatic rings. The maximum Gasteiger partial charge on any atom is 0.229 e. The second-order valence-electron chi connectivity index (χ2n) is 4.97. The standard InChI is InChI=1S/C16H14BrFN2O/c17-14-6-5-11(18)7-10(14)8-20-16(21)13-9-19-15-4-2-1-3-12(13)15/h1-7,13,19H,8-9H2,(H,20,21). The Bertz CT molecular complexity index is 690. The lowest BCUT2D eigenvalue weighted by Crippen LogP contribution is -2.30. The number of rotatable bonds is 3. The molecular formula is C16H14BrFN2O. The lowest BCUT2D eigenvalue weighted by molar-refractivity contribution is -0.122. The molecule has 3 rings (SSSR count). The van der Waals surface area contributed by atoms with Crippen LogP contribution in [0.5, 0.6) is 0 Å². The van der Waals surface area contributed by atoms with Gasteiger partial charge in [0.25, 0.3) is 0 Å². The Kier molecular flexibility index (Phi) is 3.92. The third kappa shape index (κ3) is 2.93. The molecule has 0 spiro atoms. The van der Waals surface area contributed by atoms with Crippen molar-refractivity contribution in [2.45, 2.75) is 12.5 Å². The molecule has 0 aliphatic carbocycles. The second-order valence-corrected chi connectivity index (χ2v) is 5.83. The molecule has 2 aromatic rings. The molecule has 0 radical (unpaired) electrons. The lowest BCUT2D eigenvalue weighted by atomic mass is 10.0. The van der Waals surface area contributed by atoms with Crippen molar-refractivity contribution < 1.29 is 9.18 Å². The van der Waals surface area contributed by atoms with Crippen LogP contribution in [0.1, 0.15) is 17.0 Å². The number of hydrogen-bond acceptors (Lipinski definition) is 2. The van der Waals surface area contributed by atoms with E-state index in [9.17, 15) is 9.18 Å². The molecule has 0 bridgehead atoms. The van der Waals surface area contributed by atoms with Gasteiger partial charge in [-0.15, -0.1) is 0 Å². The molecular weight excluding hydrogens is 335 g/mol. The van der Waals surface area contributed by atoms with Gasteiger partial charge in [0, 0.05) is 23.2 Å². The Morgan fingerprint density at radius 3 is 3.00 bits per heavy atom. The average Bonchev–Trinajstić information content (AvgIpc) is 2.92. The molecule has 1 atom stereocenters. The van der Waals surface area contributed by atoms with Gasteiger partial charge in [-0.2, -0.15) is 0 Å². The molecule has 1 unspecified atom stereocenters. The van der Waals surface area contributed by atoms with Crippen molar-refractivity contribution in [1.82, 2.24) is 5.32 Å². The number of benzene rings is 2. The van der Waals surface area contributed by atoms with Gasteiger partial charge in [0.2, 0.25) is 5.91 Å². The van der Waals surface area contributed by atoms with E-state index >= 15 is 0 Å². The van der Waals surface area contributed by atoms with Gasteiger partial charge in [-0.25, -0.2) is 4.39 Å². The van der Waals surface area contributed by atoms with Crippen LogP contribution >= 0.6 is 15.9 Å². The fraction of sp³-hybridized carbons (Fsp3) is 0.188. The normalized spacial score (nSPS) is 16.2. The molecule has 1 heterocycles. The van der Waals surface area contributed by atoms with Crippen molar-refractivity contribution in [3.8, 4) is 0 Å². The summed E-state index contributed by atoms with van der Waals surface area (Å²) >= 11 is 3.36. The van der Waals surface area contributed by atoms with Crippen LogP contribution in [0.4, 0.5) is 10.1 Å². The number of carbonyl (C=O) groups excluding carboxylic acids is 1. The molecule has 0 fully saturated rings. The molecule has 21 heavy (non-hydrogen) atoms. The largest absolute Gasteiger partial charge is 0.384 e. The minimum atomic E-state index is -0.310. The first-order valence-corrected chi connectivity index (χ1v) is 7.49. The first kappa shape index (κ1) is 14.1. The van der Waals surface area contributed by atoms with Gasteiger partial charge in [0.15, 0.2) is 0 Å². The molecule has 5 heteroatoms. The lowest BCUT2D eigenvalue weighted by Gasteiger charge is -2.12. The van der Waals surface area contributed by atoms with Crippen molar-refractivity contribution in [1.29, 1.82) is 0 Å². The van der Waals surface area contributed by atoms with Gasteiger partial charge in [-0.3, -0.25) is 4.79 Å². The number of nitrogens with one attached hydrogen (secondary N) is 2. The monoisotopic (exact) mass is 348 g/mol. The van der Waals surface area contributed by atoms with Crippen LogP contribution in [0.3, 0.4) is 0 Å². The maximum atomic E-state index is 13.2. The summed E-state index contributed by atoms with van der Waals surface area (Å²) in [4.78, 5) is 12.3. The molecule has 0 aromatic heterocycles. The molecule has 0 saturated heterocycles. The van der Waals surface area contributed by atoms with Crippen LogP contribution in [-0.2, 0) is 11.3 Å². The molecule has 2 N–H and O–H groups in total. The zero-order chi connectivity index (χ0) is 14.8. The van der Waals surface area contributed by atoms with Gasteiger partial charge >= 0.3 is 0 Å². The van der Waals surface area contributed by atoms with E-state index in [0.717, 1.165) is 21.3 Å². The van der Waals surface area contributed by atoms with Gasteiger partial charge in [-0.1, -0.05) is 34.1 Å². The Balaban J connectivity index is 1.69. The summed E-state index contributed by atoms with van der Waals surface area (Å²) in [6.07, 6.45) is 0. The number of amides is 1. The van der Waals surface area contributed by atoms with E-state index in [1.54, 1.807) is 6.07 Å². The van der Waals surface area contributed by atoms with Crippen molar-refractivity contribution in [2.75, 3.05) is 11.9 Å². The zero-order valence-corrected chi connectivity index (χ0v) is 12.8. The van der Waals surface area contributed by atoms with E-state index in [2.05, 4.69) is 26.6 Å². The van der Waals surface area contributed by atoms with Crippen molar-refractivity contribution in [3.63, 3.8) is 0 Å². The third-order valence-corrected chi connectivity index (χ3v) is 4.38. The van der Waals surface area contributed by atoms with Crippen LogP contribution in [0, 0.1) is 5.82 Å². The first-order valence-electron chi connectivity index (χ1n) is 6.69. The minimum absolute atomic E-state index is 0.0522. The summed E-state index contributed by atoms with van der Waals surface area (Å²) < 4.78 is 14.0. The molecule has 2 aromatic carbocycles. The van der Waals surface area contributed by atoms with E-state index in [-0.39, 0.29) is 17.6 Å². The Labute approximate surface area is 130 Å². The van der Waals surface area contributed by atoms with Gasteiger partial charge < -0.3 is 10.6 Å². The number of hydrogen-bond donors (Lipinski definition) is 2. The van der Waals surface area contributed by atoms with Crippen LogP contribution in [0.15, 0.2) is 46.9 Å². The van der Waals surface area contributed by atoms with Crippen LogP contribution < -0.4 is 10.6 Å². The number of para-hydroxylation sites is 1. The number of anilines is 1. The summed E-state index contributed by atoms with van der Waals surface area (Å²) in [5.41, 5.74) is 2.74. The topological polar surface area (TPSA) is 41.1 Å². The Morgan fingerprint density at radius 2 is 2.14 bits per heavy atom. The van der Waals surface area contributed by atoms with Crippen LogP contribution in [0.25, 0.3) is 0 Å². The highest BCUT2D eigenvalue weighted by atomic mass is 79.9. The minimum Gasteiger partial charge on any atom is -0.384 e. The first-order chi connectivity index (χ1) is 10.1. The summed E-state index contributed by atoms with van der Waals surface area (Å²) in [6, 6.07) is 12.2. The number of carbonyl (C=O) groups is 1. The van der Waals surface area contributed by atoms with Gasteiger partial charge in [0.05, 0.1) is 5.92 Å². The maximum absolute atomic E-state index is 13.2. The SMILES string of the molecule is O=C(NCc1cc(F)ccc1Br)C1CNc2ccccc21. The quantitative estimate of drug-likeness (QED) is 0.892. The predicted molar refractivity (Wildman–Crippen MR) is 83.6 cm³/mol. The summed E-state index contributed by atoms with van der Waals surface area (Å²) in [5.74, 6) is -0.563. The molecule has 0 saturated carbocycles. The third-order valence-electron chi connectivity index (χ3n) is 3.61. The molecule has 1 aliphatic heterocycles. The van der Waals surface area contributed by atoms with Crippen molar-refractivity contribution >= 4 is 27.5 Å². The summed E-state index contributed by atoms with van der Waals surface area (Å²) in [5, 5.41) is 6.09. The summed E-state index contributed by atoms with van der Waals surface area (Å²) in [7, 11) is 0. The van der Waals surface area contributed by atoms with Gasteiger partial charge in [-0.05, 0) is 35.4 Å². The van der Waals surface area contributed by atoms with Crippen LogP contribution in [0.2, 0.25) is 0 Å². The molecule has 3 nitrogen and oxygen atoms in total. The van der Waals surface area contributed by atoms with E-state index < -0.39 is 0 Å². The molecule has 108 valence electrons. The Morgan fingerprint density at radius 1 is 1.33 bits per heavy atom. The highest BCUT2D eigenvalue weighted by Crippen LogP contribution is 2.31. The highest BCUT2D eigenvalue weighted by Gasteiger charge is 2.27. The second kappa shape index (κ2) is 5.85. The Hall–Kier alpha value is -1.88. The predicted octanol–water partition coefficient (Wildman–Crippen LogP) is 3.41. The van der Waals surface area contributed by atoms with Crippen LogP contribution in [-0.4, -0.2) is 12.5 Å². The van der Waals surface area contributed by atoms with Crippen molar-refractivity contribution in [3.05, 3.63) is 63.9 Å². The van der Waals surface area contributed by atoms with Crippen molar-refractivity contribution in [2.24, 2.45) is 0 Å². The smallest absolute Gasteiger partial charge is 0.229 e. The number of fused-ring (bicyclic) bond motifs is 1. The fourth-order valence-electron chi connectivity index (χ4n) is 2.50. The fourth-order valence-corrected chi connectivity index (χ4v) is 2.89. The van der Waals surface area contributed by atoms with E-state index in [1.165, 1.54) is 12.1 Å². The van der Waals surface area contributed by atoms with Gasteiger partial charge in [0.1, 0.15) is 5.82 Å². The highest BCUT2D eigenvalue weighted by molar-refractivity contribution is 9.10.